The van der Waals surface area contributed by atoms with E-state index in [0.29, 0.717) is 34.3 Å². The zero-order valence-corrected chi connectivity index (χ0v) is 16.9. The highest BCUT2D eigenvalue weighted by Gasteiger charge is 2.15. The zero-order valence-electron chi connectivity index (χ0n) is 15.4. The van der Waals surface area contributed by atoms with Gasteiger partial charge >= 0.3 is 0 Å². The molecular weight excluding hydrogens is 422 g/mol. The van der Waals surface area contributed by atoms with Gasteiger partial charge in [0, 0.05) is 24.0 Å². The van der Waals surface area contributed by atoms with Crippen LogP contribution in [-0.4, -0.2) is 33.1 Å². The fourth-order valence-corrected chi connectivity index (χ4v) is 3.21. The van der Waals surface area contributed by atoms with E-state index in [2.05, 4.69) is 36.8 Å². The number of nitrogens with zero attached hydrogens (tertiary/aromatic N) is 3. The topological polar surface area (TPSA) is 88.9 Å². The Morgan fingerprint density at radius 2 is 1.75 bits per heavy atom. The monoisotopic (exact) mass is 441 g/mol. The Bertz CT molecular complexity index is 986. The average Bonchev–Trinajstić information content (AvgIpc) is 3.16. The number of aryl methyl sites for hydroxylation is 1. The van der Waals surface area contributed by atoms with Crippen LogP contribution in [0.15, 0.2) is 59.3 Å². The van der Waals surface area contributed by atoms with Gasteiger partial charge in [-0.3, -0.25) is 9.59 Å². The first kappa shape index (κ1) is 19.8. The van der Waals surface area contributed by atoms with Crippen molar-refractivity contribution in [2.45, 2.75) is 19.9 Å². The van der Waals surface area contributed by atoms with Gasteiger partial charge in [-0.25, -0.2) is 0 Å². The van der Waals surface area contributed by atoms with Crippen molar-refractivity contribution in [3.8, 4) is 0 Å². The number of anilines is 1. The molecule has 2 amide bonds. The molecule has 0 aliphatic carbocycles. The molecule has 28 heavy (non-hydrogen) atoms. The van der Waals surface area contributed by atoms with E-state index in [1.807, 2.05) is 17.6 Å². The summed E-state index contributed by atoms with van der Waals surface area (Å²) in [6, 6.07) is 14.0. The standard InChI is InChI=1S/C20H20BrN5O2/c1-2-26-13-23-25-18(26)11-12-22-19(27)15-8-4-6-10-17(15)24-20(28)14-7-3-5-9-16(14)21/h3-10,13H,2,11-12H2,1H3,(H,22,27)(H,24,28). The third-order valence-corrected chi connectivity index (χ3v) is 4.90. The highest BCUT2D eigenvalue weighted by atomic mass is 79.9. The van der Waals surface area contributed by atoms with Crippen LogP contribution >= 0.6 is 15.9 Å². The van der Waals surface area contributed by atoms with Crippen molar-refractivity contribution < 1.29 is 9.59 Å². The number of carbonyl (C=O) groups excluding carboxylic acids is 2. The number of hydrogen-bond acceptors (Lipinski definition) is 4. The Labute approximate surface area is 171 Å². The Morgan fingerprint density at radius 3 is 2.50 bits per heavy atom. The van der Waals surface area contributed by atoms with Crippen molar-refractivity contribution in [2.75, 3.05) is 11.9 Å². The average molecular weight is 442 g/mol. The number of carbonyl (C=O) groups is 2. The smallest absolute Gasteiger partial charge is 0.256 e. The Balaban J connectivity index is 1.67. The number of nitrogens with one attached hydrogen (secondary N) is 2. The maximum atomic E-state index is 12.6. The number of benzene rings is 2. The number of para-hydroxylation sites is 1. The SMILES string of the molecule is CCn1cnnc1CCNC(=O)c1ccccc1NC(=O)c1ccccc1Br. The van der Waals surface area contributed by atoms with E-state index in [9.17, 15) is 9.59 Å². The molecule has 0 fully saturated rings. The summed E-state index contributed by atoms with van der Waals surface area (Å²) < 4.78 is 2.62. The first-order valence-corrected chi connectivity index (χ1v) is 9.69. The number of halogens is 1. The van der Waals surface area contributed by atoms with Crippen LogP contribution in [0.2, 0.25) is 0 Å². The molecule has 0 bridgehead atoms. The molecule has 0 saturated carbocycles. The molecule has 0 aliphatic heterocycles. The van der Waals surface area contributed by atoms with Gasteiger partial charge in [0.1, 0.15) is 12.2 Å². The predicted molar refractivity (Wildman–Crippen MR) is 110 cm³/mol. The number of aromatic nitrogens is 3. The van der Waals surface area contributed by atoms with Crippen LogP contribution in [0.25, 0.3) is 0 Å². The third-order valence-electron chi connectivity index (χ3n) is 4.21. The summed E-state index contributed by atoms with van der Waals surface area (Å²) in [5, 5.41) is 13.6. The van der Waals surface area contributed by atoms with Gasteiger partial charge < -0.3 is 15.2 Å². The van der Waals surface area contributed by atoms with Crippen molar-refractivity contribution in [2.24, 2.45) is 0 Å². The van der Waals surface area contributed by atoms with Gasteiger partial charge in [-0.15, -0.1) is 10.2 Å². The molecule has 0 unspecified atom stereocenters. The van der Waals surface area contributed by atoms with Gasteiger partial charge in [0.25, 0.3) is 11.8 Å². The second-order valence-electron chi connectivity index (χ2n) is 6.02. The van der Waals surface area contributed by atoms with Crippen LogP contribution in [0.1, 0.15) is 33.5 Å². The predicted octanol–water partition coefficient (Wildman–Crippen LogP) is 3.29. The molecule has 144 valence electrons. The van der Waals surface area contributed by atoms with Crippen molar-refractivity contribution >= 4 is 33.4 Å². The lowest BCUT2D eigenvalue weighted by Gasteiger charge is -2.12. The number of hydrogen-bond donors (Lipinski definition) is 2. The molecular formula is C20H20BrN5O2. The van der Waals surface area contributed by atoms with E-state index in [0.717, 1.165) is 12.4 Å². The van der Waals surface area contributed by atoms with Crippen LogP contribution in [0.5, 0.6) is 0 Å². The van der Waals surface area contributed by atoms with E-state index >= 15 is 0 Å². The Kier molecular flexibility index (Phi) is 6.54. The second-order valence-corrected chi connectivity index (χ2v) is 6.87. The lowest BCUT2D eigenvalue weighted by molar-refractivity contribution is 0.0954. The summed E-state index contributed by atoms with van der Waals surface area (Å²) >= 11 is 3.37. The molecule has 0 aliphatic rings. The highest BCUT2D eigenvalue weighted by Crippen LogP contribution is 2.20. The molecule has 2 aromatic carbocycles. The molecule has 0 atom stereocenters. The second kappa shape index (κ2) is 9.27. The molecule has 0 saturated heterocycles. The van der Waals surface area contributed by atoms with Gasteiger partial charge in [-0.05, 0) is 47.1 Å². The molecule has 1 heterocycles. The summed E-state index contributed by atoms with van der Waals surface area (Å²) in [6.45, 7) is 3.21. The number of amides is 2. The molecule has 1 aromatic heterocycles. The van der Waals surface area contributed by atoms with Gasteiger partial charge in [-0.2, -0.15) is 0 Å². The van der Waals surface area contributed by atoms with E-state index in [-0.39, 0.29) is 11.8 Å². The van der Waals surface area contributed by atoms with E-state index in [1.165, 1.54) is 0 Å². The van der Waals surface area contributed by atoms with E-state index in [4.69, 9.17) is 0 Å². The molecule has 8 heteroatoms. The quantitative estimate of drug-likeness (QED) is 0.588. The van der Waals surface area contributed by atoms with Crippen LogP contribution in [0.4, 0.5) is 5.69 Å². The van der Waals surface area contributed by atoms with Crippen molar-refractivity contribution in [3.63, 3.8) is 0 Å². The lowest BCUT2D eigenvalue weighted by atomic mass is 10.1. The van der Waals surface area contributed by atoms with Crippen LogP contribution < -0.4 is 10.6 Å². The van der Waals surface area contributed by atoms with Crippen molar-refractivity contribution in [1.29, 1.82) is 0 Å². The summed E-state index contributed by atoms with van der Waals surface area (Å²) in [4.78, 5) is 25.2. The first-order chi connectivity index (χ1) is 13.6. The molecule has 0 radical (unpaired) electrons. The number of rotatable bonds is 7. The largest absolute Gasteiger partial charge is 0.352 e. The zero-order chi connectivity index (χ0) is 19.9. The minimum Gasteiger partial charge on any atom is -0.352 e. The van der Waals surface area contributed by atoms with Crippen molar-refractivity contribution in [3.05, 3.63) is 76.3 Å². The van der Waals surface area contributed by atoms with Crippen LogP contribution in [-0.2, 0) is 13.0 Å². The third kappa shape index (κ3) is 4.64. The van der Waals surface area contributed by atoms with Gasteiger partial charge in [-0.1, -0.05) is 24.3 Å². The fourth-order valence-electron chi connectivity index (χ4n) is 2.74. The fraction of sp³-hybridized carbons (Fsp3) is 0.200. The van der Waals surface area contributed by atoms with Gasteiger partial charge in [0.15, 0.2) is 0 Å². The minimum atomic E-state index is -0.288. The Morgan fingerprint density at radius 1 is 1.04 bits per heavy atom. The molecule has 2 N–H and O–H groups in total. The van der Waals surface area contributed by atoms with Crippen molar-refractivity contribution in [1.82, 2.24) is 20.1 Å². The summed E-state index contributed by atoms with van der Waals surface area (Å²) in [5.41, 5.74) is 1.36. The molecule has 7 nitrogen and oxygen atoms in total. The van der Waals surface area contributed by atoms with Gasteiger partial charge in [0.2, 0.25) is 0 Å². The normalized spacial score (nSPS) is 10.5. The molecule has 3 aromatic rings. The lowest BCUT2D eigenvalue weighted by Crippen LogP contribution is -2.27. The summed E-state index contributed by atoms with van der Waals surface area (Å²) in [6.07, 6.45) is 2.24. The minimum absolute atomic E-state index is 0.259. The molecule has 0 spiro atoms. The van der Waals surface area contributed by atoms with Crippen LogP contribution in [0.3, 0.4) is 0 Å². The van der Waals surface area contributed by atoms with Crippen LogP contribution in [0, 0.1) is 0 Å². The maximum Gasteiger partial charge on any atom is 0.256 e. The highest BCUT2D eigenvalue weighted by molar-refractivity contribution is 9.10. The summed E-state index contributed by atoms with van der Waals surface area (Å²) in [5.74, 6) is 0.271. The summed E-state index contributed by atoms with van der Waals surface area (Å²) in [7, 11) is 0. The van der Waals surface area contributed by atoms with E-state index in [1.54, 1.807) is 48.8 Å². The first-order valence-electron chi connectivity index (χ1n) is 8.90. The Hall–Kier alpha value is -3.00. The maximum absolute atomic E-state index is 12.6. The molecule has 3 rings (SSSR count). The van der Waals surface area contributed by atoms with Gasteiger partial charge in [0.05, 0.1) is 16.8 Å². The van der Waals surface area contributed by atoms with E-state index < -0.39 is 0 Å².